The minimum absolute atomic E-state index is 0.0107. The number of benzene rings is 1. The lowest BCUT2D eigenvalue weighted by molar-refractivity contribution is -0.115. The van der Waals surface area contributed by atoms with Crippen molar-refractivity contribution in [2.24, 2.45) is 0 Å². The third-order valence-corrected chi connectivity index (χ3v) is 8.88. The highest BCUT2D eigenvalue weighted by Gasteiger charge is 2.32. The second-order valence-corrected chi connectivity index (χ2v) is 12.1. The molecule has 0 aliphatic carbocycles. The van der Waals surface area contributed by atoms with Gasteiger partial charge in [-0.15, -0.1) is 22.7 Å². The van der Waals surface area contributed by atoms with Crippen LogP contribution in [0.1, 0.15) is 31.5 Å². The summed E-state index contributed by atoms with van der Waals surface area (Å²) < 4.78 is 29.1. The van der Waals surface area contributed by atoms with Crippen LogP contribution in [0, 0.1) is 13.8 Å². The van der Waals surface area contributed by atoms with Crippen molar-refractivity contribution in [3.63, 3.8) is 0 Å². The molecule has 0 radical (unpaired) electrons. The first-order valence-electron chi connectivity index (χ1n) is 11.6. The Morgan fingerprint density at radius 3 is 2.42 bits per heavy atom. The number of carbonyl (C=O) groups excluding carboxylic acids is 2. The Kier molecular flexibility index (Phi) is 7.11. The fraction of sp³-hybridized carbons (Fsp3) is 0.154. The highest BCUT2D eigenvalue weighted by molar-refractivity contribution is 7.92. The fourth-order valence-corrected chi connectivity index (χ4v) is 6.72. The van der Waals surface area contributed by atoms with Crippen molar-refractivity contribution in [1.82, 2.24) is 15.3 Å². The number of nitrogens with one attached hydrogen (secondary N) is 2. The predicted molar refractivity (Wildman–Crippen MR) is 149 cm³/mol. The number of sulfonamides is 1. The molecule has 0 unspecified atom stereocenters. The number of fused-ring (bicyclic) bond motifs is 1. The molecule has 0 saturated heterocycles. The highest BCUT2D eigenvalue weighted by Crippen LogP contribution is 2.34. The summed E-state index contributed by atoms with van der Waals surface area (Å²) in [6.07, 6.45) is 1.97. The van der Waals surface area contributed by atoms with Gasteiger partial charge in [0.1, 0.15) is 5.70 Å². The number of rotatable bonds is 7. The molecule has 0 atom stereocenters. The Bertz CT molecular complexity index is 1630. The monoisotopic (exact) mass is 565 g/mol. The molecule has 1 aromatic carbocycles. The summed E-state index contributed by atoms with van der Waals surface area (Å²) in [6, 6.07) is 13.7. The number of nitrogens with zero attached hydrogens (tertiary/aromatic N) is 3. The standard InChI is InChI=1S/C26H23N5O4S3/c1-16-14-17(2)28-26(27-16)30-38(34,35)23-9-3-7-21-19(23)10-11-31(21)25(33)20(15-18-6-4-12-36-18)29-24(32)22-8-5-13-37-22/h3-9,12-15H,10-11H2,1-2H3,(H,29,32)(H,27,28,30)/b20-15-. The van der Waals surface area contributed by atoms with Gasteiger partial charge in [0.2, 0.25) is 5.95 Å². The predicted octanol–water partition coefficient (Wildman–Crippen LogP) is 4.38. The van der Waals surface area contributed by atoms with Crippen LogP contribution < -0.4 is 14.9 Å². The summed E-state index contributed by atoms with van der Waals surface area (Å²) in [6.45, 7) is 3.78. The van der Waals surface area contributed by atoms with E-state index in [1.807, 2.05) is 17.5 Å². The molecule has 0 spiro atoms. The van der Waals surface area contributed by atoms with E-state index >= 15 is 0 Å². The quantitative estimate of drug-likeness (QED) is 0.321. The van der Waals surface area contributed by atoms with Crippen LogP contribution in [0.4, 0.5) is 11.6 Å². The number of anilines is 2. The van der Waals surface area contributed by atoms with Gasteiger partial charge in [-0.05, 0) is 73.0 Å². The SMILES string of the molecule is Cc1cc(C)nc(NS(=O)(=O)c2cccc3c2CCN3C(=O)/C(=C/c2cccs2)NC(=O)c2cccs2)n1. The first kappa shape index (κ1) is 25.8. The molecular formula is C26H23N5O4S3. The second kappa shape index (κ2) is 10.5. The zero-order chi connectivity index (χ0) is 26.9. The topological polar surface area (TPSA) is 121 Å². The van der Waals surface area contributed by atoms with Crippen LogP contribution in [0.2, 0.25) is 0 Å². The molecular weight excluding hydrogens is 543 g/mol. The van der Waals surface area contributed by atoms with Crippen LogP contribution in [-0.4, -0.2) is 36.7 Å². The van der Waals surface area contributed by atoms with Crippen molar-refractivity contribution in [3.05, 3.63) is 91.7 Å². The van der Waals surface area contributed by atoms with Crippen molar-refractivity contribution >= 4 is 62.2 Å². The van der Waals surface area contributed by atoms with E-state index in [9.17, 15) is 18.0 Å². The maximum Gasteiger partial charge on any atom is 0.274 e. The molecule has 0 saturated carbocycles. The van der Waals surface area contributed by atoms with Crippen LogP contribution in [-0.2, 0) is 21.2 Å². The second-order valence-electron chi connectivity index (χ2n) is 8.55. The van der Waals surface area contributed by atoms with Crippen LogP contribution in [0.5, 0.6) is 0 Å². The molecule has 2 amide bonds. The summed E-state index contributed by atoms with van der Waals surface area (Å²) >= 11 is 2.71. The van der Waals surface area contributed by atoms with Crippen LogP contribution in [0.15, 0.2) is 69.9 Å². The largest absolute Gasteiger partial charge is 0.317 e. The number of thiophene rings is 2. The van der Waals surface area contributed by atoms with E-state index in [0.717, 1.165) is 4.88 Å². The van der Waals surface area contributed by atoms with Gasteiger partial charge in [-0.1, -0.05) is 18.2 Å². The molecule has 1 aliphatic heterocycles. The van der Waals surface area contributed by atoms with E-state index < -0.39 is 15.9 Å². The highest BCUT2D eigenvalue weighted by atomic mass is 32.2. The minimum Gasteiger partial charge on any atom is -0.317 e. The zero-order valence-electron chi connectivity index (χ0n) is 20.5. The summed E-state index contributed by atoms with van der Waals surface area (Å²) in [4.78, 5) is 37.7. The average Bonchev–Trinajstić information content (AvgIpc) is 3.64. The molecule has 1 aliphatic rings. The molecule has 2 N–H and O–H groups in total. The maximum absolute atomic E-state index is 13.7. The lowest BCUT2D eigenvalue weighted by Crippen LogP contribution is -2.37. The molecule has 5 rings (SSSR count). The van der Waals surface area contributed by atoms with E-state index in [-0.39, 0.29) is 29.0 Å². The van der Waals surface area contributed by atoms with E-state index in [2.05, 4.69) is 20.0 Å². The van der Waals surface area contributed by atoms with Crippen molar-refractivity contribution in [1.29, 1.82) is 0 Å². The van der Waals surface area contributed by atoms with Crippen molar-refractivity contribution in [2.75, 3.05) is 16.2 Å². The molecule has 9 nitrogen and oxygen atoms in total. The summed E-state index contributed by atoms with van der Waals surface area (Å²) in [5.41, 5.74) is 2.37. The Hall–Kier alpha value is -3.87. The average molecular weight is 566 g/mol. The lowest BCUT2D eigenvalue weighted by Gasteiger charge is -2.20. The Morgan fingerprint density at radius 1 is 1.00 bits per heavy atom. The maximum atomic E-state index is 13.7. The fourth-order valence-electron chi connectivity index (χ4n) is 4.22. The molecule has 0 bridgehead atoms. The van der Waals surface area contributed by atoms with Crippen molar-refractivity contribution in [3.8, 4) is 0 Å². The van der Waals surface area contributed by atoms with E-state index in [4.69, 9.17) is 0 Å². The lowest BCUT2D eigenvalue weighted by atomic mass is 10.2. The Labute approximate surface area is 227 Å². The van der Waals surface area contributed by atoms with Gasteiger partial charge in [0.05, 0.1) is 9.77 Å². The van der Waals surface area contributed by atoms with Gasteiger partial charge in [-0.25, -0.2) is 23.1 Å². The van der Waals surface area contributed by atoms with E-state index in [1.54, 1.807) is 55.6 Å². The molecule has 12 heteroatoms. The number of hydrogen-bond donors (Lipinski definition) is 2. The molecule has 3 aromatic heterocycles. The molecule has 4 aromatic rings. The first-order valence-corrected chi connectivity index (χ1v) is 14.8. The Morgan fingerprint density at radius 2 is 1.74 bits per heavy atom. The number of aromatic nitrogens is 2. The van der Waals surface area contributed by atoms with Crippen LogP contribution >= 0.6 is 22.7 Å². The van der Waals surface area contributed by atoms with Gasteiger partial charge in [0, 0.05) is 28.5 Å². The molecule has 194 valence electrons. The third kappa shape index (κ3) is 5.37. The number of amides is 2. The number of aryl methyl sites for hydroxylation is 2. The van der Waals surface area contributed by atoms with E-state index in [1.165, 1.54) is 33.6 Å². The molecule has 38 heavy (non-hydrogen) atoms. The van der Waals surface area contributed by atoms with Crippen LogP contribution in [0.3, 0.4) is 0 Å². The summed E-state index contributed by atoms with van der Waals surface area (Å²) in [7, 11) is -4.03. The summed E-state index contributed by atoms with van der Waals surface area (Å²) in [5.74, 6) is -0.824. The third-order valence-electron chi connectivity index (χ3n) is 5.78. The van der Waals surface area contributed by atoms with E-state index in [0.29, 0.717) is 33.9 Å². The molecule has 4 heterocycles. The smallest absolute Gasteiger partial charge is 0.274 e. The Balaban J connectivity index is 1.46. The summed E-state index contributed by atoms with van der Waals surface area (Å²) in [5, 5.41) is 6.42. The normalized spacial score (nSPS) is 13.3. The number of hydrogen-bond acceptors (Lipinski definition) is 8. The van der Waals surface area contributed by atoms with Crippen LogP contribution in [0.25, 0.3) is 6.08 Å². The van der Waals surface area contributed by atoms with Gasteiger partial charge in [0.15, 0.2) is 0 Å². The van der Waals surface area contributed by atoms with Gasteiger partial charge < -0.3 is 10.2 Å². The van der Waals surface area contributed by atoms with Gasteiger partial charge in [0.25, 0.3) is 21.8 Å². The van der Waals surface area contributed by atoms with Crippen molar-refractivity contribution < 1.29 is 18.0 Å². The first-order chi connectivity index (χ1) is 18.2. The minimum atomic E-state index is -4.03. The zero-order valence-corrected chi connectivity index (χ0v) is 22.9. The number of carbonyl (C=O) groups is 2. The van der Waals surface area contributed by atoms with Gasteiger partial charge in [-0.2, -0.15) is 0 Å². The van der Waals surface area contributed by atoms with Crippen molar-refractivity contribution in [2.45, 2.75) is 25.2 Å². The molecule has 0 fully saturated rings. The van der Waals surface area contributed by atoms with Gasteiger partial charge in [-0.3, -0.25) is 9.59 Å². The van der Waals surface area contributed by atoms with Gasteiger partial charge >= 0.3 is 0 Å².